The fraction of sp³-hybridized carbons (Fsp3) is 0. The summed E-state index contributed by atoms with van der Waals surface area (Å²) in [6.07, 6.45) is 0. The van der Waals surface area contributed by atoms with Gasteiger partial charge in [0.2, 0.25) is 13.4 Å². The van der Waals surface area contributed by atoms with Crippen molar-refractivity contribution >= 4 is 75.2 Å². The van der Waals surface area contributed by atoms with E-state index in [-0.39, 0.29) is 24.6 Å². The first kappa shape index (κ1) is 30.5. The minimum absolute atomic E-state index is 0.0119. The van der Waals surface area contributed by atoms with Gasteiger partial charge >= 0.3 is 11.9 Å². The molecule has 240 valence electrons. The molecule has 7 heteroatoms. The highest BCUT2D eigenvalue weighted by Crippen LogP contribution is 2.39. The van der Waals surface area contributed by atoms with Gasteiger partial charge in [0.05, 0.1) is 11.1 Å². The van der Waals surface area contributed by atoms with Gasteiger partial charge in [-0.1, -0.05) is 138 Å². The normalized spacial score (nSPS) is 12.5. The third-order valence-corrected chi connectivity index (χ3v) is 10.3. The quantitative estimate of drug-likeness (QED) is 0.230. The van der Waals surface area contributed by atoms with Crippen LogP contribution in [0.25, 0.3) is 22.3 Å². The lowest BCUT2D eigenvalue weighted by Gasteiger charge is -2.44. The Morgan fingerprint density at radius 3 is 1.45 bits per heavy atom. The largest absolute Gasteiger partial charge is 0.478 e. The number of anilines is 3. The number of hydrogen-bond donors (Lipinski definition) is 2. The maximum Gasteiger partial charge on any atom is 0.335 e. The second-order valence-corrected chi connectivity index (χ2v) is 13.1. The van der Waals surface area contributed by atoms with Crippen LogP contribution < -0.4 is 37.7 Å². The number of carboxylic acid groups (broad SMARTS) is 2. The molecule has 0 unspecified atom stereocenters. The Bertz CT molecular complexity index is 2480. The van der Waals surface area contributed by atoms with Crippen LogP contribution in [0.15, 0.2) is 164 Å². The van der Waals surface area contributed by atoms with Crippen LogP contribution in [0.5, 0.6) is 0 Å². The molecule has 2 aliphatic heterocycles. The molecule has 2 N–H and O–H groups in total. The maximum atomic E-state index is 11.6. The lowest BCUT2D eigenvalue weighted by molar-refractivity contribution is 0.0686. The van der Waals surface area contributed by atoms with Gasteiger partial charge in [-0.05, 0) is 80.5 Å². The summed E-state index contributed by atoms with van der Waals surface area (Å²) in [5, 5.41) is 18.9. The Hall–Kier alpha value is -6.59. The number of hydrogen-bond acceptors (Lipinski definition) is 3. The number of fused-ring (bicyclic) bond motifs is 4. The number of carboxylic acids is 2. The van der Waals surface area contributed by atoms with Crippen LogP contribution in [0.1, 0.15) is 20.7 Å². The first-order valence-electron chi connectivity index (χ1n) is 16.9. The molecule has 5 nitrogen and oxygen atoms in total. The second-order valence-electron chi connectivity index (χ2n) is 13.1. The molecule has 51 heavy (non-hydrogen) atoms. The number of para-hydroxylation sites is 2. The zero-order valence-electron chi connectivity index (χ0n) is 27.4. The lowest BCUT2D eigenvalue weighted by atomic mass is 9.30. The predicted octanol–water partition coefficient (Wildman–Crippen LogP) is 5.55. The summed E-state index contributed by atoms with van der Waals surface area (Å²) >= 11 is 0. The van der Waals surface area contributed by atoms with Crippen molar-refractivity contribution in [3.8, 4) is 22.3 Å². The molecule has 0 bridgehead atoms. The van der Waals surface area contributed by atoms with Gasteiger partial charge in [-0.25, -0.2) is 9.59 Å². The molecule has 0 spiro atoms. The minimum Gasteiger partial charge on any atom is -0.478 e. The summed E-state index contributed by atoms with van der Waals surface area (Å²) in [5.41, 5.74) is 15.2. The average molecular weight is 657 g/mol. The Balaban J connectivity index is 1.22. The Kier molecular flexibility index (Phi) is 7.21. The van der Waals surface area contributed by atoms with E-state index in [1.54, 1.807) is 24.3 Å². The third-order valence-electron chi connectivity index (χ3n) is 10.3. The molecular formula is C44H29B2NO4. The van der Waals surface area contributed by atoms with E-state index in [0.29, 0.717) is 0 Å². The molecule has 2 aliphatic rings. The molecule has 9 rings (SSSR count). The van der Waals surface area contributed by atoms with Crippen LogP contribution in [0.4, 0.5) is 17.1 Å². The van der Waals surface area contributed by atoms with Crippen molar-refractivity contribution in [3.63, 3.8) is 0 Å². The third kappa shape index (κ3) is 5.05. The summed E-state index contributed by atoms with van der Waals surface area (Å²) in [7, 11) is 0. The van der Waals surface area contributed by atoms with Gasteiger partial charge in [-0.3, -0.25) is 0 Å². The van der Waals surface area contributed by atoms with Crippen LogP contribution in [0.3, 0.4) is 0 Å². The zero-order valence-corrected chi connectivity index (χ0v) is 27.4. The van der Waals surface area contributed by atoms with Gasteiger partial charge in [0.1, 0.15) is 0 Å². The van der Waals surface area contributed by atoms with Crippen LogP contribution in [-0.4, -0.2) is 35.6 Å². The first-order valence-corrected chi connectivity index (χ1v) is 16.9. The molecule has 0 atom stereocenters. The standard InChI is InChI=1S/C44H29B2NO4/c48-43(49)31-17-13-28(14-18-31)29-21-24-35(25-22-29)46-36-9-4-5-12-40(36)47-41-27-33(30-15-19-32(20-16-30)44(50)51)23-26-37(41)45(34-7-2-1-3-8-34)38-10-6-11-39(46)42(38)47/h1-27H,(H,48,49)(H,50,51). The van der Waals surface area contributed by atoms with Crippen molar-refractivity contribution in [1.29, 1.82) is 0 Å². The summed E-state index contributed by atoms with van der Waals surface area (Å²) in [4.78, 5) is 25.4. The van der Waals surface area contributed by atoms with Crippen molar-refractivity contribution < 1.29 is 19.8 Å². The molecule has 0 aromatic heterocycles. The van der Waals surface area contributed by atoms with Crippen molar-refractivity contribution in [2.45, 2.75) is 0 Å². The molecule has 0 aliphatic carbocycles. The number of aromatic carboxylic acids is 2. The SMILES string of the molecule is O=C(O)c1ccc(-c2ccc(B3c4ccccc4N4c5cc(-c6ccc(C(=O)O)cc6)ccc5B(c5ccccc5)c5cccc3c54)cc2)cc1. The number of carbonyl (C=O) groups is 2. The summed E-state index contributed by atoms with van der Waals surface area (Å²) < 4.78 is 0. The Morgan fingerprint density at radius 2 is 0.863 bits per heavy atom. The monoisotopic (exact) mass is 657 g/mol. The number of rotatable bonds is 6. The molecule has 7 aromatic carbocycles. The van der Waals surface area contributed by atoms with Crippen molar-refractivity contribution in [1.82, 2.24) is 0 Å². The molecule has 0 fully saturated rings. The fourth-order valence-corrected chi connectivity index (χ4v) is 7.95. The highest BCUT2D eigenvalue weighted by atomic mass is 16.4. The predicted molar refractivity (Wildman–Crippen MR) is 208 cm³/mol. The molecule has 0 saturated carbocycles. The van der Waals surface area contributed by atoms with E-state index in [4.69, 9.17) is 0 Å². The van der Waals surface area contributed by atoms with E-state index in [1.807, 2.05) is 24.3 Å². The fourth-order valence-electron chi connectivity index (χ4n) is 7.95. The molecule has 0 radical (unpaired) electrons. The second kappa shape index (κ2) is 12.1. The molecule has 2 heterocycles. The van der Waals surface area contributed by atoms with Gasteiger partial charge < -0.3 is 15.1 Å². The minimum atomic E-state index is -0.939. The van der Waals surface area contributed by atoms with Gasteiger partial charge in [0.25, 0.3) is 0 Å². The van der Waals surface area contributed by atoms with E-state index in [1.165, 1.54) is 38.5 Å². The highest BCUT2D eigenvalue weighted by Gasteiger charge is 2.43. The topological polar surface area (TPSA) is 77.8 Å². The Morgan fingerprint density at radius 1 is 0.412 bits per heavy atom. The van der Waals surface area contributed by atoms with Crippen molar-refractivity contribution in [2.24, 2.45) is 0 Å². The van der Waals surface area contributed by atoms with E-state index >= 15 is 0 Å². The summed E-state index contributed by atoms with van der Waals surface area (Å²) in [5.74, 6) is -1.87. The molecule has 0 saturated heterocycles. The van der Waals surface area contributed by atoms with E-state index in [2.05, 4.69) is 120 Å². The van der Waals surface area contributed by atoms with Gasteiger partial charge in [0, 0.05) is 17.1 Å². The molecule has 7 aromatic rings. The van der Waals surface area contributed by atoms with E-state index in [0.717, 1.165) is 33.6 Å². The van der Waals surface area contributed by atoms with E-state index < -0.39 is 11.9 Å². The van der Waals surface area contributed by atoms with Gasteiger partial charge in [0.15, 0.2) is 0 Å². The van der Waals surface area contributed by atoms with Gasteiger partial charge in [-0.15, -0.1) is 0 Å². The number of nitrogens with zero attached hydrogens (tertiary/aromatic N) is 1. The zero-order chi connectivity index (χ0) is 34.6. The van der Waals surface area contributed by atoms with Gasteiger partial charge in [-0.2, -0.15) is 0 Å². The summed E-state index contributed by atoms with van der Waals surface area (Å²) in [6.45, 7) is -0.00143. The average Bonchev–Trinajstić information content (AvgIpc) is 3.18. The molecular weight excluding hydrogens is 628 g/mol. The first-order chi connectivity index (χ1) is 25.0. The molecule has 0 amide bonds. The van der Waals surface area contributed by atoms with Crippen molar-refractivity contribution in [2.75, 3.05) is 4.90 Å². The van der Waals surface area contributed by atoms with Crippen LogP contribution in [0.2, 0.25) is 0 Å². The van der Waals surface area contributed by atoms with Crippen molar-refractivity contribution in [3.05, 3.63) is 175 Å². The summed E-state index contributed by atoms with van der Waals surface area (Å²) in [6, 6.07) is 55.4. The lowest BCUT2D eigenvalue weighted by Crippen LogP contribution is -2.64. The smallest absolute Gasteiger partial charge is 0.335 e. The van der Waals surface area contributed by atoms with E-state index in [9.17, 15) is 19.8 Å². The Labute approximate surface area is 296 Å². The maximum absolute atomic E-state index is 11.6. The number of benzene rings is 7. The van der Waals surface area contributed by atoms with Crippen LogP contribution >= 0.6 is 0 Å². The van der Waals surface area contributed by atoms with Crippen LogP contribution in [0, 0.1) is 0 Å². The van der Waals surface area contributed by atoms with Crippen LogP contribution in [-0.2, 0) is 0 Å². The highest BCUT2D eigenvalue weighted by molar-refractivity contribution is 7.02.